The fourth-order valence-corrected chi connectivity index (χ4v) is 6.92. The van der Waals surface area contributed by atoms with Crippen molar-refractivity contribution in [2.24, 2.45) is 43.3 Å². The predicted molar refractivity (Wildman–Crippen MR) is 160 cm³/mol. The maximum absolute atomic E-state index is 13.0. The summed E-state index contributed by atoms with van der Waals surface area (Å²) < 4.78 is 5.29. The van der Waals surface area contributed by atoms with Crippen molar-refractivity contribution >= 4 is 5.97 Å². The number of ether oxygens (including phenoxy) is 1. The summed E-state index contributed by atoms with van der Waals surface area (Å²) in [5.74, 6) is -0.131. The molecule has 0 atom stereocenters. The summed E-state index contributed by atoms with van der Waals surface area (Å²) in [6.07, 6.45) is 9.33. The zero-order chi connectivity index (χ0) is 29.2. The van der Waals surface area contributed by atoms with E-state index in [0.29, 0.717) is 0 Å². The molecule has 0 rings (SSSR count). The Bertz CT molecular complexity index is 713. The van der Waals surface area contributed by atoms with Crippen LogP contribution in [0.25, 0.3) is 0 Å². The lowest BCUT2D eigenvalue weighted by Crippen LogP contribution is -2.64. The molecule has 0 saturated carbocycles. The van der Waals surface area contributed by atoms with Crippen LogP contribution in [-0.2, 0) is 9.53 Å². The third-order valence-corrected chi connectivity index (χ3v) is 13.9. The second-order valence-electron chi connectivity index (χ2n) is 16.3. The first-order valence-electron chi connectivity index (χ1n) is 14.9. The summed E-state index contributed by atoms with van der Waals surface area (Å²) in [7, 11) is 1.51. The molecule has 0 saturated heterocycles. The molecule has 0 aliphatic rings. The van der Waals surface area contributed by atoms with Gasteiger partial charge in [-0.15, -0.1) is 0 Å². The molecule has 0 fully saturated rings. The molecule has 0 N–H and O–H groups in total. The third-order valence-electron chi connectivity index (χ3n) is 13.9. The number of hydrogen-bond acceptors (Lipinski definition) is 2. The Labute approximate surface area is 228 Å². The van der Waals surface area contributed by atoms with E-state index >= 15 is 0 Å². The normalized spacial score (nSPS) is 15.3. The number of hydrogen-bond donors (Lipinski definition) is 0. The van der Waals surface area contributed by atoms with Crippen LogP contribution >= 0.6 is 0 Å². The smallest absolute Gasteiger partial charge is 0.311 e. The van der Waals surface area contributed by atoms with Gasteiger partial charge in [-0.3, -0.25) is 4.79 Å². The van der Waals surface area contributed by atoms with Gasteiger partial charge in [0, 0.05) is 0 Å². The summed E-state index contributed by atoms with van der Waals surface area (Å²) in [6.45, 7) is 40.6. The van der Waals surface area contributed by atoms with E-state index in [9.17, 15) is 4.79 Å². The Morgan fingerprint density at radius 1 is 0.500 bits per heavy atom. The highest BCUT2D eigenvalue weighted by Crippen LogP contribution is 2.71. The zero-order valence-corrected chi connectivity index (χ0v) is 28.3. The van der Waals surface area contributed by atoms with Crippen LogP contribution in [-0.4, -0.2) is 13.1 Å². The summed E-state index contributed by atoms with van der Waals surface area (Å²) >= 11 is 0. The lowest BCUT2D eigenvalue weighted by atomic mass is 9.35. The van der Waals surface area contributed by atoms with Crippen LogP contribution in [0, 0.1) is 43.3 Å². The maximum Gasteiger partial charge on any atom is 0.311 e. The van der Waals surface area contributed by atoms with Gasteiger partial charge in [0.15, 0.2) is 0 Å². The van der Waals surface area contributed by atoms with Crippen molar-refractivity contribution in [2.45, 2.75) is 163 Å². The highest BCUT2D eigenvalue weighted by atomic mass is 16.5. The molecule has 0 amide bonds. The number of rotatable bonds is 15. The minimum Gasteiger partial charge on any atom is -0.469 e. The van der Waals surface area contributed by atoms with Crippen molar-refractivity contribution < 1.29 is 9.53 Å². The van der Waals surface area contributed by atoms with Gasteiger partial charge in [0.1, 0.15) is 0 Å². The summed E-state index contributed by atoms with van der Waals surface area (Å²) in [6, 6.07) is 0. The topological polar surface area (TPSA) is 26.3 Å². The fourth-order valence-electron chi connectivity index (χ4n) is 6.92. The minimum absolute atomic E-state index is 0.0258. The van der Waals surface area contributed by atoms with Gasteiger partial charge < -0.3 is 4.74 Å². The van der Waals surface area contributed by atoms with E-state index in [1.165, 1.54) is 52.1 Å². The third kappa shape index (κ3) is 5.59. The van der Waals surface area contributed by atoms with Crippen molar-refractivity contribution in [2.75, 3.05) is 7.11 Å². The molecule has 0 aromatic carbocycles. The summed E-state index contributed by atoms with van der Waals surface area (Å²) in [4.78, 5) is 13.0. The monoisotopic (exact) mass is 509 g/mol. The summed E-state index contributed by atoms with van der Waals surface area (Å²) in [5, 5.41) is 0. The first-order valence-corrected chi connectivity index (χ1v) is 14.9. The molecule has 0 aliphatic heterocycles. The Balaban J connectivity index is 6.33. The molecule has 0 radical (unpaired) electrons. The summed E-state index contributed by atoms with van der Waals surface area (Å²) in [5.41, 5.74) is -0.879. The van der Waals surface area contributed by atoms with E-state index in [4.69, 9.17) is 4.74 Å². The van der Waals surface area contributed by atoms with E-state index < -0.39 is 5.41 Å². The number of esters is 1. The molecule has 0 aliphatic carbocycles. The first-order chi connectivity index (χ1) is 15.8. The Hall–Kier alpha value is -0.530. The van der Waals surface area contributed by atoms with Crippen molar-refractivity contribution in [3.05, 3.63) is 0 Å². The SMILES string of the molecule is CCCCCCCCC(C)(C)C(C)(C)C(C)(C)C(C)(C)C(C)(C)C(C)(C)C(C)(C)C(C)(C)C(=O)OC. The van der Waals surface area contributed by atoms with Crippen LogP contribution in [0.15, 0.2) is 0 Å². The standard InChI is InChI=1S/C34H68O2/c1-19-20-21-22-23-24-25-27(2,3)29(6,7)31(10,11)33(14,15)34(16,17)32(12,13)30(8,9)28(4,5)26(35)36-18/h19-25H2,1-18H3. The van der Waals surface area contributed by atoms with E-state index in [1.807, 2.05) is 0 Å². The van der Waals surface area contributed by atoms with Crippen LogP contribution in [0.5, 0.6) is 0 Å². The molecule has 216 valence electrons. The largest absolute Gasteiger partial charge is 0.469 e. The highest BCUT2D eigenvalue weighted by Gasteiger charge is 2.66. The molecule has 0 bridgehead atoms. The maximum atomic E-state index is 13.0. The molecule has 0 aromatic rings. The van der Waals surface area contributed by atoms with Crippen molar-refractivity contribution in [1.82, 2.24) is 0 Å². The fraction of sp³-hybridized carbons (Fsp3) is 0.971. The minimum atomic E-state index is -0.616. The second-order valence-corrected chi connectivity index (χ2v) is 16.3. The van der Waals surface area contributed by atoms with Crippen molar-refractivity contribution in [1.29, 1.82) is 0 Å². The zero-order valence-electron chi connectivity index (χ0n) is 28.3. The van der Waals surface area contributed by atoms with Gasteiger partial charge in [0.05, 0.1) is 12.5 Å². The van der Waals surface area contributed by atoms with E-state index in [1.54, 1.807) is 0 Å². The molecule has 36 heavy (non-hydrogen) atoms. The van der Waals surface area contributed by atoms with E-state index in [-0.39, 0.29) is 43.9 Å². The van der Waals surface area contributed by atoms with Crippen LogP contribution in [0.1, 0.15) is 163 Å². The lowest BCUT2D eigenvalue weighted by Gasteiger charge is -2.69. The lowest BCUT2D eigenvalue weighted by molar-refractivity contribution is -0.216. The van der Waals surface area contributed by atoms with Gasteiger partial charge in [0.2, 0.25) is 0 Å². The quantitative estimate of drug-likeness (QED) is 0.162. The first kappa shape index (κ1) is 35.5. The van der Waals surface area contributed by atoms with Gasteiger partial charge in [0.25, 0.3) is 0 Å². The number of carbonyl (C=O) groups is 1. The van der Waals surface area contributed by atoms with Crippen LogP contribution in [0.2, 0.25) is 0 Å². The van der Waals surface area contributed by atoms with Gasteiger partial charge in [-0.25, -0.2) is 0 Å². The highest BCUT2D eigenvalue weighted by molar-refractivity contribution is 5.77. The average Bonchev–Trinajstić information content (AvgIpc) is 2.74. The van der Waals surface area contributed by atoms with Crippen molar-refractivity contribution in [3.63, 3.8) is 0 Å². The number of carbonyl (C=O) groups excluding carboxylic acids is 1. The molecule has 0 aromatic heterocycles. The molecule has 0 unspecified atom stereocenters. The Morgan fingerprint density at radius 3 is 1.22 bits per heavy atom. The second kappa shape index (κ2) is 11.3. The molecular weight excluding hydrogens is 440 g/mol. The molecular formula is C34H68O2. The molecule has 2 heteroatoms. The number of unbranched alkanes of at least 4 members (excludes halogenated alkanes) is 5. The van der Waals surface area contributed by atoms with E-state index in [0.717, 1.165) is 0 Å². The Morgan fingerprint density at radius 2 is 0.833 bits per heavy atom. The molecule has 0 heterocycles. The van der Waals surface area contributed by atoms with Crippen LogP contribution in [0.4, 0.5) is 0 Å². The van der Waals surface area contributed by atoms with Crippen molar-refractivity contribution in [3.8, 4) is 0 Å². The predicted octanol–water partition coefficient (Wildman–Crippen LogP) is 11.1. The van der Waals surface area contributed by atoms with E-state index in [2.05, 4.69) is 118 Å². The van der Waals surface area contributed by atoms with Crippen LogP contribution in [0.3, 0.4) is 0 Å². The van der Waals surface area contributed by atoms with Gasteiger partial charge in [-0.1, -0.05) is 142 Å². The average molecular weight is 509 g/mol. The van der Waals surface area contributed by atoms with Crippen LogP contribution < -0.4 is 0 Å². The van der Waals surface area contributed by atoms with Gasteiger partial charge in [-0.05, 0) is 58.2 Å². The Kier molecular flexibility index (Phi) is 11.1. The van der Waals surface area contributed by atoms with Gasteiger partial charge >= 0.3 is 5.97 Å². The van der Waals surface area contributed by atoms with Gasteiger partial charge in [-0.2, -0.15) is 0 Å². The molecule has 2 nitrogen and oxygen atoms in total. The number of methoxy groups -OCH3 is 1. The molecule has 0 spiro atoms.